The first-order chi connectivity index (χ1) is 10.7. The minimum absolute atomic E-state index is 0.0588. The highest BCUT2D eigenvalue weighted by Crippen LogP contribution is 2.24. The van der Waals surface area contributed by atoms with E-state index < -0.39 is 0 Å². The number of aromatic nitrogens is 2. The zero-order valence-electron chi connectivity index (χ0n) is 13.0. The van der Waals surface area contributed by atoms with Crippen molar-refractivity contribution in [3.63, 3.8) is 0 Å². The summed E-state index contributed by atoms with van der Waals surface area (Å²) < 4.78 is 1.79. The van der Waals surface area contributed by atoms with Gasteiger partial charge in [0.25, 0.3) is 0 Å². The molecule has 6 heteroatoms. The third-order valence-corrected chi connectivity index (χ3v) is 3.71. The van der Waals surface area contributed by atoms with Crippen molar-refractivity contribution >= 4 is 17.0 Å². The Morgan fingerprint density at radius 3 is 2.68 bits per heavy atom. The predicted octanol–water partition coefficient (Wildman–Crippen LogP) is 2.64. The molecule has 0 saturated carbocycles. The van der Waals surface area contributed by atoms with Gasteiger partial charge in [0.1, 0.15) is 11.9 Å². The number of hydrogen-bond acceptors (Lipinski definition) is 5. The molecule has 0 spiro atoms. The molecule has 0 fully saturated rings. The van der Waals surface area contributed by atoms with Gasteiger partial charge in [0.2, 0.25) is 0 Å². The average molecular weight is 298 g/mol. The molecule has 1 atom stereocenters. The topological polar surface area (TPSA) is 61.8 Å². The first-order valence-electron chi connectivity index (χ1n) is 7.58. The second-order valence-electron chi connectivity index (χ2n) is 5.39. The third kappa shape index (κ3) is 2.72. The highest BCUT2D eigenvalue weighted by atomic mass is 15.3. The van der Waals surface area contributed by atoms with Crippen molar-refractivity contribution in [2.75, 3.05) is 17.6 Å². The van der Waals surface area contributed by atoms with Crippen LogP contribution in [0.3, 0.4) is 0 Å². The molecule has 1 unspecified atom stereocenters. The maximum absolute atomic E-state index is 6.17. The molecule has 0 bridgehead atoms. The lowest BCUT2D eigenvalue weighted by molar-refractivity contribution is 0.377. The van der Waals surface area contributed by atoms with Gasteiger partial charge in [0.05, 0.1) is 5.52 Å². The second-order valence-corrected chi connectivity index (χ2v) is 5.39. The predicted molar refractivity (Wildman–Crippen MR) is 89.8 cm³/mol. The lowest BCUT2D eigenvalue weighted by Crippen LogP contribution is -2.33. The number of nitrogens with zero attached hydrogens (tertiary/aromatic N) is 4. The van der Waals surface area contributed by atoms with E-state index in [-0.39, 0.29) is 6.17 Å². The van der Waals surface area contributed by atoms with Crippen LogP contribution >= 0.6 is 0 Å². The summed E-state index contributed by atoms with van der Waals surface area (Å²) in [5, 5.41) is 7.85. The fourth-order valence-electron chi connectivity index (χ4n) is 2.49. The molecule has 3 heterocycles. The Labute approximate surface area is 130 Å². The van der Waals surface area contributed by atoms with E-state index in [0.717, 1.165) is 18.5 Å². The van der Waals surface area contributed by atoms with Crippen LogP contribution in [0.5, 0.6) is 0 Å². The Kier molecular flexibility index (Phi) is 3.91. The third-order valence-electron chi connectivity index (χ3n) is 3.71. The van der Waals surface area contributed by atoms with Gasteiger partial charge in [-0.05, 0) is 25.5 Å². The molecule has 3 N–H and O–H groups in total. The fraction of sp³-hybridized carbons (Fsp3) is 0.312. The highest BCUT2D eigenvalue weighted by molar-refractivity contribution is 5.80. The summed E-state index contributed by atoms with van der Waals surface area (Å²) in [7, 11) is 0. The molecular weight excluding hydrogens is 276 g/mol. The quantitative estimate of drug-likeness (QED) is 0.888. The Bertz CT molecular complexity index is 688. The van der Waals surface area contributed by atoms with E-state index in [2.05, 4.69) is 58.9 Å². The van der Waals surface area contributed by atoms with E-state index in [1.807, 2.05) is 24.4 Å². The minimum Gasteiger partial charge on any atom is -0.394 e. The molecule has 0 saturated heterocycles. The van der Waals surface area contributed by atoms with Gasteiger partial charge < -0.3 is 20.9 Å². The maximum Gasteiger partial charge on any atom is 0.173 e. The zero-order chi connectivity index (χ0) is 15.5. The van der Waals surface area contributed by atoms with Crippen LogP contribution < -0.4 is 11.1 Å². The highest BCUT2D eigenvalue weighted by Gasteiger charge is 2.15. The normalized spacial score (nSPS) is 15.5. The van der Waals surface area contributed by atoms with Crippen LogP contribution in [0.15, 0.2) is 49.2 Å². The van der Waals surface area contributed by atoms with Crippen molar-refractivity contribution in [2.24, 2.45) is 0 Å². The number of nitrogen functional groups attached to an aromatic ring is 1. The smallest absolute Gasteiger partial charge is 0.173 e. The fourth-order valence-corrected chi connectivity index (χ4v) is 2.49. The second kappa shape index (κ2) is 6.01. The molecule has 0 radical (unpaired) electrons. The molecule has 2 aromatic heterocycles. The summed E-state index contributed by atoms with van der Waals surface area (Å²) in [5.41, 5.74) is 7.75. The molecule has 116 valence electrons. The number of nitrogens with two attached hydrogens (primary N) is 1. The zero-order valence-corrected chi connectivity index (χ0v) is 13.0. The number of rotatable bonds is 5. The number of anilines is 2. The van der Waals surface area contributed by atoms with Crippen LogP contribution in [0.2, 0.25) is 0 Å². The summed E-state index contributed by atoms with van der Waals surface area (Å²) >= 11 is 0. The van der Waals surface area contributed by atoms with Crippen LogP contribution in [0, 0.1) is 0 Å². The Morgan fingerprint density at radius 1 is 1.23 bits per heavy atom. The lowest BCUT2D eigenvalue weighted by Gasteiger charge is -2.30. The van der Waals surface area contributed by atoms with Crippen molar-refractivity contribution in [1.82, 2.24) is 19.4 Å². The van der Waals surface area contributed by atoms with Gasteiger partial charge in [-0.3, -0.25) is 0 Å². The first kappa shape index (κ1) is 14.3. The largest absolute Gasteiger partial charge is 0.394 e. The van der Waals surface area contributed by atoms with Gasteiger partial charge in [0, 0.05) is 37.5 Å². The van der Waals surface area contributed by atoms with Crippen LogP contribution in [-0.4, -0.2) is 32.1 Å². The van der Waals surface area contributed by atoms with Crippen molar-refractivity contribution in [1.29, 1.82) is 0 Å². The van der Waals surface area contributed by atoms with E-state index in [4.69, 9.17) is 5.73 Å². The van der Waals surface area contributed by atoms with E-state index in [9.17, 15) is 0 Å². The molecule has 6 nitrogen and oxygen atoms in total. The summed E-state index contributed by atoms with van der Waals surface area (Å²) in [4.78, 5) is 4.26. The van der Waals surface area contributed by atoms with Gasteiger partial charge in [0.15, 0.2) is 5.82 Å². The van der Waals surface area contributed by atoms with Gasteiger partial charge in [-0.15, -0.1) is 5.10 Å². The number of hydrogen-bond donors (Lipinski definition) is 2. The summed E-state index contributed by atoms with van der Waals surface area (Å²) in [5.74, 6) is 0.705. The van der Waals surface area contributed by atoms with Crippen LogP contribution in [0.25, 0.3) is 5.52 Å². The van der Waals surface area contributed by atoms with Crippen molar-refractivity contribution in [3.05, 3.63) is 49.2 Å². The summed E-state index contributed by atoms with van der Waals surface area (Å²) in [6.45, 7) is 5.28. The van der Waals surface area contributed by atoms with Crippen molar-refractivity contribution in [2.45, 2.75) is 26.4 Å². The number of pyridine rings is 1. The number of fused-ring (bicyclic) bond motifs is 1. The van der Waals surface area contributed by atoms with E-state index in [1.54, 1.807) is 4.52 Å². The molecule has 0 amide bonds. The van der Waals surface area contributed by atoms with Gasteiger partial charge in [-0.1, -0.05) is 13.0 Å². The van der Waals surface area contributed by atoms with E-state index >= 15 is 0 Å². The lowest BCUT2D eigenvalue weighted by atomic mass is 10.3. The molecule has 2 aromatic rings. The summed E-state index contributed by atoms with van der Waals surface area (Å²) in [6.07, 6.45) is 11.3. The van der Waals surface area contributed by atoms with Gasteiger partial charge in [-0.25, -0.2) is 4.52 Å². The van der Waals surface area contributed by atoms with Crippen LogP contribution in [0.1, 0.15) is 20.3 Å². The average Bonchev–Trinajstić information content (AvgIpc) is 2.85. The van der Waals surface area contributed by atoms with E-state index in [0.29, 0.717) is 11.5 Å². The van der Waals surface area contributed by atoms with Crippen molar-refractivity contribution in [3.8, 4) is 0 Å². The Hall–Kier alpha value is -2.63. The number of nitrogens with one attached hydrogen (secondary N) is 1. The first-order valence-corrected chi connectivity index (χ1v) is 7.58. The molecule has 3 rings (SSSR count). The SMILES string of the molecule is CCCN1C=CN(C(C)Nc2nn3ccccc3c2N)C=C1. The standard InChI is InChI=1S/C16H22N6/c1-3-7-20-9-11-21(12-10-20)13(2)18-16-15(17)14-6-4-5-8-22(14)19-16/h4-6,8-13H,3,7,17H2,1-2H3,(H,18,19). The molecular formula is C16H22N6. The maximum atomic E-state index is 6.17. The minimum atomic E-state index is 0.0588. The molecule has 0 aromatic carbocycles. The van der Waals surface area contributed by atoms with Gasteiger partial charge in [-0.2, -0.15) is 0 Å². The Morgan fingerprint density at radius 2 is 2.00 bits per heavy atom. The molecule has 22 heavy (non-hydrogen) atoms. The summed E-state index contributed by atoms with van der Waals surface area (Å²) in [6, 6.07) is 5.85. The molecule has 1 aliphatic rings. The molecule has 0 aliphatic carbocycles. The van der Waals surface area contributed by atoms with Crippen LogP contribution in [0.4, 0.5) is 11.5 Å². The monoisotopic (exact) mass is 298 g/mol. The molecule has 1 aliphatic heterocycles. The van der Waals surface area contributed by atoms with Gasteiger partial charge >= 0.3 is 0 Å². The van der Waals surface area contributed by atoms with Crippen LogP contribution in [-0.2, 0) is 0 Å². The van der Waals surface area contributed by atoms with Crippen molar-refractivity contribution < 1.29 is 0 Å². The Balaban J connectivity index is 1.71. The van der Waals surface area contributed by atoms with E-state index in [1.165, 1.54) is 0 Å².